The minimum absolute atomic E-state index is 0.119. The quantitative estimate of drug-likeness (QED) is 0.107. The largest absolute Gasteiger partial charge is 0.573 e. The number of rotatable bonds is 9. The maximum absolute atomic E-state index is 12.3. The molecule has 0 radical (unpaired) electrons. The third kappa shape index (κ3) is 14.4. The normalized spacial score (nSPS) is 11.1. The number of carbonyl (C=O) groups is 3. The molecule has 0 aliphatic carbocycles. The Morgan fingerprint density at radius 1 is 0.333 bits per heavy atom. The summed E-state index contributed by atoms with van der Waals surface area (Å²) in [5.41, 5.74) is 1.53. The van der Waals surface area contributed by atoms with Crippen molar-refractivity contribution >= 4 is 17.3 Å². The van der Waals surface area contributed by atoms with Crippen LogP contribution in [-0.2, 0) is 0 Å². The fourth-order valence-corrected chi connectivity index (χ4v) is 4.77. The number of alkyl halides is 9. The summed E-state index contributed by atoms with van der Waals surface area (Å²) in [4.78, 5) is 36.1. The fraction of sp³-hybridized carbons (Fsp3) is 0.0714. The predicted molar refractivity (Wildman–Crippen MR) is 189 cm³/mol. The molecular weight excluding hydrogens is 771 g/mol. The molecule has 0 atom stereocenters. The smallest absolute Gasteiger partial charge is 0.406 e. The number of halogens is 9. The number of benzene rings is 6. The van der Waals surface area contributed by atoms with Crippen LogP contribution in [0.1, 0.15) is 47.8 Å². The average Bonchev–Trinajstić information content (AvgIpc) is 3.17. The van der Waals surface area contributed by atoms with Gasteiger partial charge in [-0.3, -0.25) is 14.4 Å². The maximum atomic E-state index is 12.3. The Bertz CT molecular complexity index is 2220. The van der Waals surface area contributed by atoms with Crippen molar-refractivity contribution in [1.82, 2.24) is 0 Å². The summed E-state index contributed by atoms with van der Waals surface area (Å²) in [7, 11) is 0. The van der Waals surface area contributed by atoms with E-state index in [0.29, 0.717) is 22.3 Å². The van der Waals surface area contributed by atoms with Crippen LogP contribution in [0.3, 0.4) is 0 Å². The van der Waals surface area contributed by atoms with Gasteiger partial charge >= 0.3 is 19.1 Å². The predicted octanol–water partition coefficient (Wildman–Crippen LogP) is 11.4. The van der Waals surface area contributed by atoms with Gasteiger partial charge in [0.1, 0.15) is 17.2 Å². The second kappa shape index (κ2) is 19.1. The second-order valence-electron chi connectivity index (χ2n) is 11.3. The van der Waals surface area contributed by atoms with Crippen LogP contribution in [0.15, 0.2) is 164 Å². The summed E-state index contributed by atoms with van der Waals surface area (Å²) in [5, 5.41) is 0. The molecule has 0 saturated carbocycles. The summed E-state index contributed by atoms with van der Waals surface area (Å²) >= 11 is 0. The molecule has 15 heteroatoms. The summed E-state index contributed by atoms with van der Waals surface area (Å²) in [6.07, 6.45) is -14.3. The van der Waals surface area contributed by atoms with Crippen molar-refractivity contribution in [2.24, 2.45) is 0 Å². The molecule has 294 valence electrons. The molecule has 0 saturated heterocycles. The highest BCUT2D eigenvalue weighted by atomic mass is 19.4. The van der Waals surface area contributed by atoms with Gasteiger partial charge < -0.3 is 14.2 Å². The topological polar surface area (TPSA) is 78.9 Å². The highest BCUT2D eigenvalue weighted by Gasteiger charge is 2.33. The van der Waals surface area contributed by atoms with Gasteiger partial charge in [-0.05, 0) is 48.5 Å². The van der Waals surface area contributed by atoms with Crippen molar-refractivity contribution in [1.29, 1.82) is 0 Å². The van der Waals surface area contributed by atoms with E-state index in [-0.39, 0.29) is 28.4 Å². The molecule has 6 aromatic carbocycles. The van der Waals surface area contributed by atoms with E-state index in [1.165, 1.54) is 54.6 Å². The standard InChI is InChI=1S/3C14H9F3O2/c15-14(16,17)19-12-9-5-4-8-11(12)13(18)10-6-2-1-3-7-10;15-14(16,17)19-12-8-4-7-11(9-12)13(18)10-5-2-1-3-6-10;15-14(16,17)19-12-8-6-11(7-9-12)13(18)10-4-2-1-3-5-10/h3*1-9H. The maximum Gasteiger partial charge on any atom is 0.573 e. The van der Waals surface area contributed by atoms with E-state index in [1.807, 2.05) is 0 Å². The Labute approximate surface area is 318 Å². The Hall–Kier alpha value is -6.90. The van der Waals surface area contributed by atoms with Gasteiger partial charge in [-0.15, -0.1) is 39.5 Å². The molecule has 57 heavy (non-hydrogen) atoms. The van der Waals surface area contributed by atoms with E-state index < -0.39 is 36.4 Å². The van der Waals surface area contributed by atoms with Crippen molar-refractivity contribution in [3.05, 3.63) is 197 Å². The lowest BCUT2D eigenvalue weighted by Crippen LogP contribution is -2.19. The Kier molecular flexibility index (Phi) is 14.4. The van der Waals surface area contributed by atoms with Crippen LogP contribution >= 0.6 is 0 Å². The highest BCUT2D eigenvalue weighted by molar-refractivity contribution is 6.11. The van der Waals surface area contributed by atoms with Crippen molar-refractivity contribution in [2.45, 2.75) is 19.1 Å². The van der Waals surface area contributed by atoms with Crippen molar-refractivity contribution in [2.75, 3.05) is 0 Å². The highest BCUT2D eigenvalue weighted by Crippen LogP contribution is 2.28. The summed E-state index contributed by atoms with van der Waals surface area (Å²) in [6.45, 7) is 0. The first kappa shape index (κ1) is 42.8. The lowest BCUT2D eigenvalue weighted by molar-refractivity contribution is -0.275. The Balaban J connectivity index is 0.000000189. The van der Waals surface area contributed by atoms with Crippen LogP contribution in [0.2, 0.25) is 0 Å². The monoisotopic (exact) mass is 798 g/mol. The van der Waals surface area contributed by atoms with E-state index in [2.05, 4.69) is 14.2 Å². The molecule has 0 aliphatic heterocycles. The number of carbonyl (C=O) groups excluding carboxylic acids is 3. The van der Waals surface area contributed by atoms with E-state index in [1.54, 1.807) is 78.9 Å². The van der Waals surface area contributed by atoms with Crippen LogP contribution < -0.4 is 14.2 Å². The van der Waals surface area contributed by atoms with Gasteiger partial charge in [0, 0.05) is 27.8 Å². The molecule has 6 aromatic rings. The Morgan fingerprint density at radius 2 is 0.702 bits per heavy atom. The lowest BCUT2D eigenvalue weighted by atomic mass is 10.0. The van der Waals surface area contributed by atoms with Crippen molar-refractivity contribution in [3.63, 3.8) is 0 Å². The first-order chi connectivity index (χ1) is 26.9. The SMILES string of the molecule is O=C(c1ccccc1)c1ccc(OC(F)(F)F)cc1.O=C(c1ccccc1)c1cccc(OC(F)(F)F)c1.O=C(c1ccccc1)c1ccccc1OC(F)(F)F. The molecule has 0 spiro atoms. The van der Waals surface area contributed by atoms with E-state index in [0.717, 1.165) is 30.3 Å². The molecule has 0 aromatic heterocycles. The number of hydrogen-bond donors (Lipinski definition) is 0. The summed E-state index contributed by atoms with van der Waals surface area (Å²) in [5.74, 6) is -2.37. The van der Waals surface area contributed by atoms with E-state index >= 15 is 0 Å². The van der Waals surface area contributed by atoms with Gasteiger partial charge in [-0.25, -0.2) is 0 Å². The molecule has 0 N–H and O–H groups in total. The number of hydrogen-bond acceptors (Lipinski definition) is 6. The molecule has 0 unspecified atom stereocenters. The molecule has 0 fully saturated rings. The van der Waals surface area contributed by atoms with Crippen LogP contribution in [-0.4, -0.2) is 36.4 Å². The van der Waals surface area contributed by atoms with Gasteiger partial charge in [-0.2, -0.15) is 0 Å². The molecule has 6 rings (SSSR count). The van der Waals surface area contributed by atoms with Gasteiger partial charge in [0.15, 0.2) is 17.3 Å². The first-order valence-electron chi connectivity index (χ1n) is 16.2. The molecular formula is C42H27F9O6. The molecule has 0 bridgehead atoms. The molecule has 6 nitrogen and oxygen atoms in total. The minimum atomic E-state index is -4.83. The van der Waals surface area contributed by atoms with Crippen LogP contribution in [0.4, 0.5) is 39.5 Å². The van der Waals surface area contributed by atoms with Crippen LogP contribution in [0, 0.1) is 0 Å². The number of para-hydroxylation sites is 1. The van der Waals surface area contributed by atoms with Gasteiger partial charge in [0.05, 0.1) is 5.56 Å². The first-order valence-corrected chi connectivity index (χ1v) is 16.2. The van der Waals surface area contributed by atoms with Crippen LogP contribution in [0.5, 0.6) is 17.2 Å². The zero-order chi connectivity index (χ0) is 41.6. The minimum Gasteiger partial charge on any atom is -0.406 e. The summed E-state index contributed by atoms with van der Waals surface area (Å²) in [6, 6.07) is 40.0. The number of ether oxygens (including phenoxy) is 3. The van der Waals surface area contributed by atoms with E-state index in [9.17, 15) is 53.9 Å². The Morgan fingerprint density at radius 3 is 1.18 bits per heavy atom. The van der Waals surface area contributed by atoms with E-state index in [4.69, 9.17) is 0 Å². The summed E-state index contributed by atoms with van der Waals surface area (Å²) < 4.78 is 120. The zero-order valence-corrected chi connectivity index (χ0v) is 28.9. The third-order valence-electron chi connectivity index (χ3n) is 7.15. The van der Waals surface area contributed by atoms with Crippen molar-refractivity contribution in [3.8, 4) is 17.2 Å². The second-order valence-corrected chi connectivity index (χ2v) is 11.3. The van der Waals surface area contributed by atoms with Gasteiger partial charge in [0.25, 0.3) is 0 Å². The fourth-order valence-electron chi connectivity index (χ4n) is 4.77. The van der Waals surface area contributed by atoms with Crippen LogP contribution in [0.25, 0.3) is 0 Å². The number of ketones is 3. The molecule has 0 aliphatic rings. The zero-order valence-electron chi connectivity index (χ0n) is 28.9. The molecule has 0 amide bonds. The average molecular weight is 799 g/mol. The third-order valence-corrected chi connectivity index (χ3v) is 7.15. The van der Waals surface area contributed by atoms with Gasteiger partial charge in [-0.1, -0.05) is 115 Å². The van der Waals surface area contributed by atoms with Crippen molar-refractivity contribution < 1.29 is 68.1 Å². The van der Waals surface area contributed by atoms with Gasteiger partial charge in [0.2, 0.25) is 0 Å². The lowest BCUT2D eigenvalue weighted by Gasteiger charge is -2.12. The molecule has 0 heterocycles.